The molecule has 0 radical (unpaired) electrons. The molecule has 3 N–H and O–H groups in total. The molecule has 2 rings (SSSR count). The van der Waals surface area contributed by atoms with Crippen molar-refractivity contribution in [2.75, 3.05) is 46.5 Å². The van der Waals surface area contributed by atoms with Crippen LogP contribution in [0.3, 0.4) is 0 Å². The first-order valence-corrected chi connectivity index (χ1v) is 7.85. The predicted molar refractivity (Wildman–Crippen MR) is 104 cm³/mol. The molecule has 1 heterocycles. The number of rotatable bonds is 7. The predicted octanol–water partition coefficient (Wildman–Crippen LogP) is 1.58. The average molecular weight is 452 g/mol. The van der Waals surface area contributed by atoms with Gasteiger partial charge in [-0.1, -0.05) is 0 Å². The van der Waals surface area contributed by atoms with Crippen molar-refractivity contribution in [3.05, 3.63) is 29.6 Å². The highest BCUT2D eigenvalue weighted by atomic mass is 127. The monoisotopic (exact) mass is 452 g/mol. The first kappa shape index (κ1) is 20.9. The van der Waals surface area contributed by atoms with Gasteiger partial charge in [-0.25, -0.2) is 9.38 Å². The molecule has 1 aromatic carbocycles. The van der Waals surface area contributed by atoms with Crippen LogP contribution in [-0.4, -0.2) is 57.4 Å². The van der Waals surface area contributed by atoms with Crippen molar-refractivity contribution >= 4 is 29.9 Å². The maximum atomic E-state index is 13.4. The smallest absolute Gasteiger partial charge is 0.188 e. The SMILES string of the molecule is COc1cc(F)cc(CN=C(N)NCCCN2CCOCC2)c1.I. The Morgan fingerprint density at radius 1 is 1.38 bits per heavy atom. The Morgan fingerprint density at radius 3 is 2.83 bits per heavy atom. The molecule has 0 saturated carbocycles. The van der Waals surface area contributed by atoms with Crippen LogP contribution in [0.25, 0.3) is 0 Å². The Hall–Kier alpha value is -1.13. The third kappa shape index (κ3) is 7.63. The van der Waals surface area contributed by atoms with Crippen molar-refractivity contribution in [1.82, 2.24) is 10.2 Å². The van der Waals surface area contributed by atoms with Gasteiger partial charge in [-0.15, -0.1) is 24.0 Å². The van der Waals surface area contributed by atoms with E-state index >= 15 is 0 Å². The summed E-state index contributed by atoms with van der Waals surface area (Å²) >= 11 is 0. The van der Waals surface area contributed by atoms with Gasteiger partial charge >= 0.3 is 0 Å². The minimum Gasteiger partial charge on any atom is -0.497 e. The van der Waals surface area contributed by atoms with E-state index in [1.165, 1.54) is 19.2 Å². The number of nitrogens with two attached hydrogens (primary N) is 1. The first-order chi connectivity index (χ1) is 11.2. The Balaban J connectivity index is 0.00000288. The number of benzene rings is 1. The summed E-state index contributed by atoms with van der Waals surface area (Å²) in [6.07, 6.45) is 0.990. The number of halogens is 2. The van der Waals surface area contributed by atoms with Crippen LogP contribution in [0.5, 0.6) is 5.75 Å². The van der Waals surface area contributed by atoms with E-state index in [1.54, 1.807) is 6.07 Å². The van der Waals surface area contributed by atoms with Crippen LogP contribution in [0.15, 0.2) is 23.2 Å². The minimum atomic E-state index is -0.341. The number of guanidine groups is 1. The van der Waals surface area contributed by atoms with E-state index in [1.807, 2.05) is 0 Å². The summed E-state index contributed by atoms with van der Waals surface area (Å²) in [5.41, 5.74) is 6.55. The van der Waals surface area contributed by atoms with E-state index in [0.717, 1.165) is 51.4 Å². The van der Waals surface area contributed by atoms with Crippen LogP contribution in [0, 0.1) is 5.82 Å². The van der Waals surface area contributed by atoms with Gasteiger partial charge in [0.2, 0.25) is 0 Å². The molecule has 6 nitrogen and oxygen atoms in total. The van der Waals surface area contributed by atoms with Gasteiger partial charge in [0.25, 0.3) is 0 Å². The van der Waals surface area contributed by atoms with Crippen molar-refractivity contribution < 1.29 is 13.9 Å². The van der Waals surface area contributed by atoms with Gasteiger partial charge in [-0.05, 0) is 30.7 Å². The van der Waals surface area contributed by atoms with Crippen LogP contribution < -0.4 is 15.8 Å². The number of nitrogens with zero attached hydrogens (tertiary/aromatic N) is 2. The van der Waals surface area contributed by atoms with Crippen molar-refractivity contribution in [3.8, 4) is 5.75 Å². The number of hydrogen-bond acceptors (Lipinski definition) is 4. The van der Waals surface area contributed by atoms with Crippen LogP contribution in [0.2, 0.25) is 0 Å². The van der Waals surface area contributed by atoms with Crippen molar-refractivity contribution in [2.45, 2.75) is 13.0 Å². The molecule has 0 amide bonds. The highest BCUT2D eigenvalue weighted by Crippen LogP contribution is 2.16. The molecule has 0 unspecified atom stereocenters. The third-order valence-corrected chi connectivity index (χ3v) is 3.66. The standard InChI is InChI=1S/C16H25FN4O2.HI/c1-22-15-10-13(9-14(17)11-15)12-20-16(18)19-3-2-4-21-5-7-23-8-6-21;/h9-11H,2-8,12H2,1H3,(H3,18,19,20);1H. The van der Waals surface area contributed by atoms with Gasteiger partial charge < -0.3 is 20.5 Å². The molecule has 1 aliphatic heterocycles. The lowest BCUT2D eigenvalue weighted by molar-refractivity contribution is 0.0376. The van der Waals surface area contributed by atoms with Gasteiger partial charge in [0.15, 0.2) is 5.96 Å². The summed E-state index contributed by atoms with van der Waals surface area (Å²) in [7, 11) is 1.51. The Labute approximate surface area is 159 Å². The van der Waals surface area contributed by atoms with Gasteiger partial charge in [0.05, 0.1) is 26.9 Å². The zero-order valence-corrected chi connectivity index (χ0v) is 16.3. The Morgan fingerprint density at radius 2 is 2.12 bits per heavy atom. The second-order valence-electron chi connectivity index (χ2n) is 5.44. The van der Waals surface area contributed by atoms with Crippen molar-refractivity contribution in [3.63, 3.8) is 0 Å². The zero-order valence-electron chi connectivity index (χ0n) is 14.0. The van der Waals surface area contributed by atoms with Gasteiger partial charge in [-0.3, -0.25) is 4.90 Å². The van der Waals surface area contributed by atoms with E-state index in [2.05, 4.69) is 15.2 Å². The third-order valence-electron chi connectivity index (χ3n) is 3.66. The molecule has 0 spiro atoms. The highest BCUT2D eigenvalue weighted by molar-refractivity contribution is 14.0. The number of morpholine rings is 1. The van der Waals surface area contributed by atoms with E-state index in [-0.39, 0.29) is 29.8 Å². The van der Waals surface area contributed by atoms with Gasteiger partial charge in [-0.2, -0.15) is 0 Å². The number of ether oxygens (including phenoxy) is 2. The van der Waals surface area contributed by atoms with Crippen LogP contribution in [0.4, 0.5) is 4.39 Å². The maximum absolute atomic E-state index is 13.4. The number of aliphatic imine (C=N–C) groups is 1. The second-order valence-corrected chi connectivity index (χ2v) is 5.44. The summed E-state index contributed by atoms with van der Waals surface area (Å²) in [6, 6.07) is 4.51. The van der Waals surface area contributed by atoms with E-state index in [0.29, 0.717) is 18.3 Å². The molecule has 0 aromatic heterocycles. The molecular formula is C16H26FIN4O2. The lowest BCUT2D eigenvalue weighted by Gasteiger charge is -2.26. The molecule has 1 fully saturated rings. The minimum absolute atomic E-state index is 0. The molecule has 1 aliphatic rings. The molecule has 0 atom stereocenters. The normalized spacial score (nSPS) is 15.7. The molecule has 8 heteroatoms. The van der Waals surface area contributed by atoms with E-state index in [9.17, 15) is 4.39 Å². The quantitative estimate of drug-likeness (QED) is 0.285. The topological polar surface area (TPSA) is 72.1 Å². The number of methoxy groups -OCH3 is 1. The molecule has 1 aromatic rings. The molecule has 136 valence electrons. The summed E-state index contributed by atoms with van der Waals surface area (Å²) in [5.74, 6) is 0.508. The summed E-state index contributed by atoms with van der Waals surface area (Å²) in [5, 5.41) is 3.08. The molecule has 1 saturated heterocycles. The van der Waals surface area contributed by atoms with E-state index in [4.69, 9.17) is 15.2 Å². The largest absolute Gasteiger partial charge is 0.497 e. The second kappa shape index (κ2) is 11.4. The summed E-state index contributed by atoms with van der Waals surface area (Å²) in [4.78, 5) is 6.60. The highest BCUT2D eigenvalue weighted by Gasteiger charge is 2.09. The maximum Gasteiger partial charge on any atom is 0.188 e. The zero-order chi connectivity index (χ0) is 16.5. The molecule has 24 heavy (non-hydrogen) atoms. The Kier molecular flexibility index (Phi) is 9.96. The number of nitrogens with one attached hydrogen (secondary N) is 1. The van der Waals surface area contributed by atoms with E-state index < -0.39 is 0 Å². The van der Waals surface area contributed by atoms with Gasteiger partial charge in [0.1, 0.15) is 11.6 Å². The Bertz CT molecular complexity index is 525. The van der Waals surface area contributed by atoms with Crippen LogP contribution in [-0.2, 0) is 11.3 Å². The lowest BCUT2D eigenvalue weighted by atomic mass is 10.2. The number of hydrogen-bond donors (Lipinski definition) is 2. The van der Waals surface area contributed by atoms with Gasteiger partial charge in [0, 0.05) is 25.7 Å². The van der Waals surface area contributed by atoms with Crippen LogP contribution in [0.1, 0.15) is 12.0 Å². The molecule has 0 aliphatic carbocycles. The van der Waals surface area contributed by atoms with Crippen LogP contribution >= 0.6 is 24.0 Å². The lowest BCUT2D eigenvalue weighted by Crippen LogP contribution is -2.39. The fourth-order valence-corrected chi connectivity index (χ4v) is 2.41. The fourth-order valence-electron chi connectivity index (χ4n) is 2.41. The molecule has 0 bridgehead atoms. The summed E-state index contributed by atoms with van der Waals surface area (Å²) < 4.78 is 23.7. The molecular weight excluding hydrogens is 426 g/mol. The van der Waals surface area contributed by atoms with Crippen molar-refractivity contribution in [2.24, 2.45) is 10.7 Å². The summed E-state index contributed by atoms with van der Waals surface area (Å²) in [6.45, 7) is 5.71. The van der Waals surface area contributed by atoms with Crippen molar-refractivity contribution in [1.29, 1.82) is 0 Å². The average Bonchev–Trinajstić information content (AvgIpc) is 2.57. The fraction of sp³-hybridized carbons (Fsp3) is 0.562. The first-order valence-electron chi connectivity index (χ1n) is 7.85.